The van der Waals surface area contributed by atoms with Gasteiger partial charge in [-0.25, -0.2) is 4.57 Å². The first-order chi connectivity index (χ1) is 17.2. The standard InChI is InChI=1S/C22H22N3O9PS/c1-36(28,29)34-19-17(30-21-20(19)31-22-24-18(26)12-13-25(21)22)14-23-35(27,32-15-8-4-2-5-9-15)33-16-10-6-3-7-11-16/h2-13,17,19-21H,14H2,1H3,(H,23,27)/t17-,19-,20+,21-/m1/s1. The Morgan fingerprint density at radius 3 is 2.22 bits per heavy atom. The number of nitrogens with one attached hydrogen (secondary N) is 1. The van der Waals surface area contributed by atoms with Crippen molar-refractivity contribution in [3.8, 4) is 17.5 Å². The van der Waals surface area contributed by atoms with Crippen LogP contribution in [0.2, 0.25) is 0 Å². The topological polar surface area (TPSA) is 144 Å². The fourth-order valence-corrected chi connectivity index (χ4v) is 5.87. The number of rotatable bonds is 9. The van der Waals surface area contributed by atoms with Crippen molar-refractivity contribution in [3.05, 3.63) is 83.3 Å². The van der Waals surface area contributed by atoms with Crippen LogP contribution in [0.4, 0.5) is 0 Å². The van der Waals surface area contributed by atoms with Crippen LogP contribution in [0.3, 0.4) is 0 Å². The van der Waals surface area contributed by atoms with Crippen molar-refractivity contribution in [3.63, 3.8) is 0 Å². The maximum Gasteiger partial charge on any atom is 0.512 e. The predicted molar refractivity (Wildman–Crippen MR) is 126 cm³/mol. The molecule has 0 spiro atoms. The van der Waals surface area contributed by atoms with E-state index in [0.717, 1.165) is 6.26 Å². The zero-order chi connectivity index (χ0) is 25.3. The van der Waals surface area contributed by atoms with Gasteiger partial charge in [0, 0.05) is 18.8 Å². The van der Waals surface area contributed by atoms with Crippen molar-refractivity contribution in [2.24, 2.45) is 0 Å². The number of fused-ring (bicyclic) bond motifs is 3. The van der Waals surface area contributed by atoms with Gasteiger partial charge in [0.25, 0.3) is 15.7 Å². The normalized spacial score (nSPS) is 22.9. The average Bonchev–Trinajstić information content (AvgIpc) is 3.33. The van der Waals surface area contributed by atoms with Crippen LogP contribution in [-0.4, -0.2) is 49.1 Å². The Balaban J connectivity index is 1.39. The van der Waals surface area contributed by atoms with Crippen molar-refractivity contribution in [2.75, 3.05) is 12.8 Å². The van der Waals surface area contributed by atoms with E-state index in [9.17, 15) is 17.8 Å². The molecule has 3 aromatic rings. The van der Waals surface area contributed by atoms with Crippen LogP contribution in [0.15, 0.2) is 77.7 Å². The molecule has 4 atom stereocenters. The van der Waals surface area contributed by atoms with Gasteiger partial charge in [0.05, 0.1) is 6.26 Å². The summed E-state index contributed by atoms with van der Waals surface area (Å²) in [7, 11) is -7.97. The van der Waals surface area contributed by atoms with E-state index < -0.39 is 48.0 Å². The monoisotopic (exact) mass is 535 g/mol. The molecule has 0 radical (unpaired) electrons. The third-order valence-electron chi connectivity index (χ3n) is 5.32. The van der Waals surface area contributed by atoms with Crippen molar-refractivity contribution < 1.29 is 35.7 Å². The highest BCUT2D eigenvalue weighted by Crippen LogP contribution is 2.46. The molecule has 190 valence electrons. The van der Waals surface area contributed by atoms with Crippen molar-refractivity contribution in [1.29, 1.82) is 0 Å². The lowest BCUT2D eigenvalue weighted by atomic mass is 10.1. The Morgan fingerprint density at radius 1 is 1.03 bits per heavy atom. The van der Waals surface area contributed by atoms with Gasteiger partial charge >= 0.3 is 13.8 Å². The molecule has 1 saturated heterocycles. The molecule has 1 fully saturated rings. The van der Waals surface area contributed by atoms with Crippen LogP contribution < -0.4 is 24.4 Å². The van der Waals surface area contributed by atoms with Gasteiger partial charge in [-0.3, -0.25) is 13.5 Å². The summed E-state index contributed by atoms with van der Waals surface area (Å²) in [5.41, 5.74) is -0.517. The Labute approximate surface area is 206 Å². The van der Waals surface area contributed by atoms with E-state index in [1.165, 1.54) is 16.8 Å². The first-order valence-corrected chi connectivity index (χ1v) is 14.2. The Bertz CT molecular complexity index is 1390. The molecule has 2 aliphatic heterocycles. The van der Waals surface area contributed by atoms with Gasteiger partial charge in [-0.05, 0) is 24.3 Å². The molecule has 0 unspecified atom stereocenters. The average molecular weight is 535 g/mol. The number of ether oxygens (including phenoxy) is 2. The van der Waals surface area contributed by atoms with Gasteiger partial charge in [-0.1, -0.05) is 36.4 Å². The summed E-state index contributed by atoms with van der Waals surface area (Å²) in [5, 5.41) is 2.75. The molecule has 3 heterocycles. The molecule has 0 saturated carbocycles. The van der Waals surface area contributed by atoms with Crippen LogP contribution in [-0.2, 0) is 23.6 Å². The van der Waals surface area contributed by atoms with Crippen LogP contribution >= 0.6 is 7.75 Å². The van der Waals surface area contributed by atoms with Crippen LogP contribution in [0, 0.1) is 0 Å². The summed E-state index contributed by atoms with van der Waals surface area (Å²) in [6, 6.07) is 18.1. The molecule has 0 bridgehead atoms. The van der Waals surface area contributed by atoms with Gasteiger partial charge in [0.2, 0.25) is 0 Å². The van der Waals surface area contributed by atoms with Gasteiger partial charge < -0.3 is 18.5 Å². The SMILES string of the molecule is CS(=O)(=O)O[C@H]1[C@@H]2Oc3nc(=O)ccn3[C@@H]2O[C@@H]1CNP(=O)(Oc1ccccc1)Oc1ccccc1. The number of hydrogen-bond acceptors (Lipinski definition) is 10. The second-order valence-corrected chi connectivity index (χ2v) is 11.3. The van der Waals surface area contributed by atoms with E-state index in [1.54, 1.807) is 60.7 Å². The van der Waals surface area contributed by atoms with E-state index in [4.69, 9.17) is 22.7 Å². The molecule has 1 N–H and O–H groups in total. The van der Waals surface area contributed by atoms with Gasteiger partial charge in [0.1, 0.15) is 23.7 Å². The summed E-state index contributed by atoms with van der Waals surface area (Å²) in [4.78, 5) is 15.4. The van der Waals surface area contributed by atoms with Gasteiger partial charge in [0.15, 0.2) is 12.3 Å². The second kappa shape index (κ2) is 9.68. The molecule has 2 aromatic carbocycles. The number of hydrogen-bond donors (Lipinski definition) is 1. The Kier molecular flexibility index (Phi) is 6.58. The Hall–Kier alpha value is -3.22. The minimum Gasteiger partial charge on any atom is -0.453 e. The minimum atomic E-state index is -4.03. The number of benzene rings is 2. The zero-order valence-electron chi connectivity index (χ0n) is 18.9. The van der Waals surface area contributed by atoms with Crippen LogP contribution in [0.5, 0.6) is 17.5 Å². The predicted octanol–water partition coefficient (Wildman–Crippen LogP) is 2.10. The third kappa shape index (κ3) is 5.45. The molecule has 5 rings (SSSR count). The number of nitrogens with zero attached hydrogens (tertiary/aromatic N) is 2. The lowest BCUT2D eigenvalue weighted by molar-refractivity contribution is -0.00987. The smallest absolute Gasteiger partial charge is 0.453 e. The van der Waals surface area contributed by atoms with E-state index in [1.807, 2.05) is 0 Å². The maximum atomic E-state index is 13.7. The van der Waals surface area contributed by atoms with E-state index in [0.29, 0.717) is 11.5 Å². The van der Waals surface area contributed by atoms with E-state index in [2.05, 4.69) is 10.1 Å². The first-order valence-electron chi connectivity index (χ1n) is 10.8. The van der Waals surface area contributed by atoms with Gasteiger partial charge in [-0.15, -0.1) is 0 Å². The molecule has 14 heteroatoms. The summed E-state index contributed by atoms with van der Waals surface area (Å²) in [5.74, 6) is 0.592. The molecular weight excluding hydrogens is 513 g/mol. The summed E-state index contributed by atoms with van der Waals surface area (Å²) in [6.07, 6.45) is -1.51. The molecular formula is C22H22N3O9PS. The van der Waals surface area contributed by atoms with Crippen LogP contribution in [0.1, 0.15) is 6.23 Å². The maximum absolute atomic E-state index is 13.7. The summed E-state index contributed by atoms with van der Waals surface area (Å²) >= 11 is 0. The van der Waals surface area contributed by atoms with E-state index in [-0.39, 0.29) is 12.6 Å². The van der Waals surface area contributed by atoms with Crippen molar-refractivity contribution in [1.82, 2.24) is 14.6 Å². The third-order valence-corrected chi connectivity index (χ3v) is 7.36. The quantitative estimate of drug-likeness (QED) is 0.318. The lowest BCUT2D eigenvalue weighted by Gasteiger charge is -2.24. The summed E-state index contributed by atoms with van der Waals surface area (Å²) < 4.78 is 67.6. The van der Waals surface area contributed by atoms with Gasteiger partial charge in [-0.2, -0.15) is 18.5 Å². The van der Waals surface area contributed by atoms with Crippen LogP contribution in [0.25, 0.3) is 0 Å². The highest BCUT2D eigenvalue weighted by Gasteiger charge is 2.54. The molecule has 2 aliphatic rings. The number of aromatic nitrogens is 2. The molecule has 12 nitrogen and oxygen atoms in total. The van der Waals surface area contributed by atoms with E-state index >= 15 is 0 Å². The van der Waals surface area contributed by atoms with Crippen molar-refractivity contribution >= 4 is 17.9 Å². The molecule has 1 aromatic heterocycles. The Morgan fingerprint density at radius 2 is 1.64 bits per heavy atom. The minimum absolute atomic E-state index is 0.0171. The zero-order valence-corrected chi connectivity index (χ0v) is 20.6. The second-order valence-electron chi connectivity index (χ2n) is 8.04. The fraction of sp³-hybridized carbons (Fsp3) is 0.273. The fourth-order valence-electron chi connectivity index (χ4n) is 3.86. The largest absolute Gasteiger partial charge is 0.512 e. The lowest BCUT2D eigenvalue weighted by Crippen LogP contribution is -2.42. The highest BCUT2D eigenvalue weighted by molar-refractivity contribution is 7.86. The number of para-hydroxylation sites is 2. The molecule has 0 aliphatic carbocycles. The highest BCUT2D eigenvalue weighted by atomic mass is 32.2. The molecule has 0 amide bonds. The first kappa shape index (κ1) is 24.5. The van der Waals surface area contributed by atoms with Crippen molar-refractivity contribution in [2.45, 2.75) is 24.5 Å². The summed E-state index contributed by atoms with van der Waals surface area (Å²) in [6.45, 7) is -0.184. The molecule has 36 heavy (non-hydrogen) atoms.